The molecule has 2 rings (SSSR count). The van der Waals surface area contributed by atoms with E-state index in [9.17, 15) is 9.59 Å². The Balaban J connectivity index is 2.13. The van der Waals surface area contributed by atoms with Crippen molar-refractivity contribution in [2.45, 2.75) is 26.7 Å². The number of hydrogen-bond donors (Lipinski definition) is 1. The number of nitrogens with one attached hydrogen (secondary N) is 1. The predicted molar refractivity (Wildman–Crippen MR) is 75.0 cm³/mol. The number of carbonyl (C=O) groups excluding carboxylic acids is 2. The van der Waals surface area contributed by atoms with Crippen molar-refractivity contribution in [1.82, 2.24) is 5.32 Å². The van der Waals surface area contributed by atoms with Gasteiger partial charge in [-0.05, 0) is 30.0 Å². The summed E-state index contributed by atoms with van der Waals surface area (Å²) in [5, 5.41) is 3.31. The molecule has 0 aliphatic heterocycles. The largest absolute Gasteiger partial charge is 0.326 e. The number of rotatable bonds is 2. The third-order valence-corrected chi connectivity index (χ3v) is 3.25. The van der Waals surface area contributed by atoms with Crippen LogP contribution in [0.1, 0.15) is 37.0 Å². The Labute approximate surface area is 117 Å². The van der Waals surface area contributed by atoms with Gasteiger partial charge < -0.3 is 5.32 Å². The minimum absolute atomic E-state index is 0.0534. The van der Waals surface area contributed by atoms with Gasteiger partial charge in [-0.3, -0.25) is 9.59 Å². The van der Waals surface area contributed by atoms with Crippen LogP contribution in [-0.2, 0) is 4.79 Å². The van der Waals surface area contributed by atoms with E-state index in [1.54, 1.807) is 24.3 Å². The first-order chi connectivity index (χ1) is 8.85. The van der Waals surface area contributed by atoms with Gasteiger partial charge in [0.1, 0.15) is 0 Å². The Kier molecular flexibility index (Phi) is 3.76. The summed E-state index contributed by atoms with van der Waals surface area (Å²) in [6, 6.07) is 6.73. The molecule has 0 bridgehead atoms. The molecule has 1 amide bonds. The topological polar surface area (TPSA) is 46.2 Å². The van der Waals surface area contributed by atoms with E-state index in [2.05, 4.69) is 5.32 Å². The molecule has 0 unspecified atom stereocenters. The van der Waals surface area contributed by atoms with Gasteiger partial charge >= 0.3 is 0 Å². The Morgan fingerprint density at radius 1 is 1.32 bits per heavy atom. The molecule has 100 valence electrons. The van der Waals surface area contributed by atoms with E-state index in [0.29, 0.717) is 29.1 Å². The Morgan fingerprint density at radius 2 is 2.05 bits per heavy atom. The lowest BCUT2D eigenvalue weighted by molar-refractivity contribution is -0.117. The third-order valence-electron chi connectivity index (χ3n) is 3.02. The Hall–Kier alpha value is -1.61. The second kappa shape index (κ2) is 5.17. The van der Waals surface area contributed by atoms with Gasteiger partial charge in [0.25, 0.3) is 5.91 Å². The van der Waals surface area contributed by atoms with Crippen molar-refractivity contribution in [3.05, 3.63) is 46.6 Å². The van der Waals surface area contributed by atoms with Crippen LogP contribution in [0.15, 0.2) is 36.0 Å². The summed E-state index contributed by atoms with van der Waals surface area (Å²) in [5.74, 6) is -0.183. The maximum Gasteiger partial charge on any atom is 0.255 e. The van der Waals surface area contributed by atoms with Gasteiger partial charge in [-0.1, -0.05) is 31.5 Å². The molecule has 0 fully saturated rings. The quantitative estimate of drug-likeness (QED) is 0.901. The minimum atomic E-state index is -0.237. The number of amides is 1. The molecule has 1 N–H and O–H groups in total. The van der Waals surface area contributed by atoms with Crippen LogP contribution in [0.4, 0.5) is 0 Å². The van der Waals surface area contributed by atoms with E-state index in [1.165, 1.54) is 6.08 Å². The van der Waals surface area contributed by atoms with Gasteiger partial charge in [-0.25, -0.2) is 0 Å². The molecule has 0 radical (unpaired) electrons. The highest BCUT2D eigenvalue weighted by atomic mass is 35.5. The summed E-state index contributed by atoms with van der Waals surface area (Å²) in [5.41, 5.74) is 1.05. The second-order valence-electron chi connectivity index (χ2n) is 5.62. The van der Waals surface area contributed by atoms with Crippen LogP contribution in [0.3, 0.4) is 0 Å². The van der Waals surface area contributed by atoms with Crippen LogP contribution in [0.2, 0.25) is 5.02 Å². The zero-order valence-corrected chi connectivity index (χ0v) is 11.8. The van der Waals surface area contributed by atoms with Crippen molar-refractivity contribution >= 4 is 23.3 Å². The fraction of sp³-hybridized carbons (Fsp3) is 0.333. The minimum Gasteiger partial charge on any atom is -0.326 e. The molecule has 1 aromatic carbocycles. The molecule has 3 nitrogen and oxygen atoms in total. The van der Waals surface area contributed by atoms with Crippen molar-refractivity contribution in [2.75, 3.05) is 0 Å². The fourth-order valence-corrected chi connectivity index (χ4v) is 2.46. The molecule has 0 saturated heterocycles. The van der Waals surface area contributed by atoms with Crippen LogP contribution < -0.4 is 5.32 Å². The molecule has 1 aliphatic rings. The molecular weight excluding hydrogens is 262 g/mol. The van der Waals surface area contributed by atoms with Crippen molar-refractivity contribution in [2.24, 2.45) is 5.41 Å². The zero-order valence-electron chi connectivity index (χ0n) is 11.0. The number of hydrogen-bond acceptors (Lipinski definition) is 2. The molecule has 0 heterocycles. The Morgan fingerprint density at radius 3 is 2.68 bits per heavy atom. The molecule has 0 aromatic heterocycles. The highest BCUT2D eigenvalue weighted by Crippen LogP contribution is 2.32. The maximum absolute atomic E-state index is 12.1. The van der Waals surface area contributed by atoms with Gasteiger partial charge in [0.2, 0.25) is 0 Å². The van der Waals surface area contributed by atoms with E-state index in [1.807, 2.05) is 13.8 Å². The molecule has 4 heteroatoms. The molecule has 0 spiro atoms. The lowest BCUT2D eigenvalue weighted by atomic mass is 9.79. The number of carbonyl (C=O) groups is 2. The highest BCUT2D eigenvalue weighted by Gasteiger charge is 2.28. The summed E-state index contributed by atoms with van der Waals surface area (Å²) in [6.45, 7) is 4.03. The number of halogens is 1. The molecule has 0 atom stereocenters. The van der Waals surface area contributed by atoms with Crippen molar-refractivity contribution in [1.29, 1.82) is 0 Å². The zero-order chi connectivity index (χ0) is 14.0. The van der Waals surface area contributed by atoms with Crippen LogP contribution in [0.25, 0.3) is 0 Å². The van der Waals surface area contributed by atoms with Crippen LogP contribution in [0.5, 0.6) is 0 Å². The van der Waals surface area contributed by atoms with Crippen LogP contribution in [0, 0.1) is 5.41 Å². The molecular formula is C15H16ClNO2. The predicted octanol–water partition coefficient (Wildman–Crippen LogP) is 3.34. The SMILES string of the molecule is CC1(C)CC(=O)C=C(NC(=O)c2cccc(Cl)c2)C1. The normalized spacial score (nSPS) is 17.8. The summed E-state index contributed by atoms with van der Waals surface area (Å²) in [6.07, 6.45) is 2.72. The number of benzene rings is 1. The van der Waals surface area contributed by atoms with E-state index in [0.717, 1.165) is 0 Å². The highest BCUT2D eigenvalue weighted by molar-refractivity contribution is 6.31. The van der Waals surface area contributed by atoms with E-state index < -0.39 is 0 Å². The maximum atomic E-state index is 12.1. The molecule has 1 aromatic rings. The van der Waals surface area contributed by atoms with Crippen molar-refractivity contribution in [3.63, 3.8) is 0 Å². The van der Waals surface area contributed by atoms with Gasteiger partial charge in [-0.2, -0.15) is 0 Å². The van der Waals surface area contributed by atoms with Gasteiger partial charge in [0.05, 0.1) is 0 Å². The molecule has 19 heavy (non-hydrogen) atoms. The average molecular weight is 278 g/mol. The smallest absolute Gasteiger partial charge is 0.255 e. The van der Waals surface area contributed by atoms with Gasteiger partial charge in [0.15, 0.2) is 5.78 Å². The third kappa shape index (κ3) is 3.67. The first kappa shape index (κ1) is 13.8. The lowest BCUT2D eigenvalue weighted by Gasteiger charge is -2.28. The van der Waals surface area contributed by atoms with Crippen molar-refractivity contribution in [3.8, 4) is 0 Å². The van der Waals surface area contributed by atoms with Crippen LogP contribution >= 0.6 is 11.6 Å². The first-order valence-electron chi connectivity index (χ1n) is 6.16. The van der Waals surface area contributed by atoms with Crippen LogP contribution in [-0.4, -0.2) is 11.7 Å². The van der Waals surface area contributed by atoms with Gasteiger partial charge in [-0.15, -0.1) is 0 Å². The monoisotopic (exact) mass is 277 g/mol. The molecule has 0 saturated carbocycles. The standard InChI is InChI=1S/C15H16ClNO2/c1-15(2)8-12(7-13(18)9-15)17-14(19)10-4-3-5-11(16)6-10/h3-7H,8-9H2,1-2H3,(H,17,19). The summed E-state index contributed by atoms with van der Waals surface area (Å²) in [7, 11) is 0. The van der Waals surface area contributed by atoms with Crippen molar-refractivity contribution < 1.29 is 9.59 Å². The number of ketones is 1. The first-order valence-corrected chi connectivity index (χ1v) is 6.54. The summed E-state index contributed by atoms with van der Waals surface area (Å²) in [4.78, 5) is 23.7. The molecule has 1 aliphatic carbocycles. The fourth-order valence-electron chi connectivity index (χ4n) is 2.27. The number of allylic oxidation sites excluding steroid dienone is 2. The summed E-state index contributed by atoms with van der Waals surface area (Å²) < 4.78 is 0. The van der Waals surface area contributed by atoms with E-state index in [4.69, 9.17) is 11.6 Å². The lowest BCUT2D eigenvalue weighted by Crippen LogP contribution is -2.31. The summed E-state index contributed by atoms with van der Waals surface area (Å²) >= 11 is 5.85. The van der Waals surface area contributed by atoms with Gasteiger partial charge in [0, 0.05) is 28.8 Å². The Bertz CT molecular complexity index is 561. The van der Waals surface area contributed by atoms with E-state index in [-0.39, 0.29) is 17.1 Å². The average Bonchev–Trinajstić information content (AvgIpc) is 2.25. The second-order valence-corrected chi connectivity index (χ2v) is 6.05. The van der Waals surface area contributed by atoms with E-state index >= 15 is 0 Å².